The number of ether oxygens (including phenoxy) is 2. The summed E-state index contributed by atoms with van der Waals surface area (Å²) in [6, 6.07) is 10.0. The van der Waals surface area contributed by atoms with Crippen molar-refractivity contribution in [1.29, 1.82) is 0 Å². The highest BCUT2D eigenvalue weighted by atomic mass is 16.5. The summed E-state index contributed by atoms with van der Waals surface area (Å²) < 4.78 is 10.7. The Bertz CT molecular complexity index is 639. The lowest BCUT2D eigenvalue weighted by Crippen LogP contribution is -2.39. The second-order valence-corrected chi connectivity index (χ2v) is 5.42. The van der Waals surface area contributed by atoms with Crippen LogP contribution in [0.1, 0.15) is 13.8 Å². The molecule has 3 N–H and O–H groups in total. The molecule has 1 aromatic heterocycles. The maximum Gasteiger partial charge on any atom is 0.241 e. The molecule has 1 aromatic carbocycles. The van der Waals surface area contributed by atoms with Crippen molar-refractivity contribution in [3.8, 4) is 17.4 Å². The Morgan fingerprint density at radius 1 is 1.13 bits per heavy atom. The molecule has 0 saturated carbocycles. The van der Waals surface area contributed by atoms with E-state index in [4.69, 9.17) is 15.2 Å². The quantitative estimate of drug-likeness (QED) is 0.856. The van der Waals surface area contributed by atoms with E-state index in [1.54, 1.807) is 43.5 Å². The van der Waals surface area contributed by atoms with Crippen LogP contribution in [-0.4, -0.2) is 24.0 Å². The number of hydrogen-bond donors (Lipinski definition) is 2. The molecule has 1 heterocycles. The van der Waals surface area contributed by atoms with E-state index in [1.807, 2.05) is 13.8 Å². The van der Waals surface area contributed by atoms with Crippen LogP contribution in [0.25, 0.3) is 0 Å². The number of hydrogen-bond acceptors (Lipinski definition) is 5. The van der Waals surface area contributed by atoms with Crippen molar-refractivity contribution in [1.82, 2.24) is 4.98 Å². The van der Waals surface area contributed by atoms with Crippen molar-refractivity contribution in [2.45, 2.75) is 19.9 Å². The van der Waals surface area contributed by atoms with Crippen molar-refractivity contribution < 1.29 is 14.3 Å². The fourth-order valence-corrected chi connectivity index (χ4v) is 1.81. The van der Waals surface area contributed by atoms with E-state index in [9.17, 15) is 4.79 Å². The molecule has 0 aliphatic carbocycles. The van der Waals surface area contributed by atoms with Gasteiger partial charge in [0.1, 0.15) is 11.5 Å². The lowest BCUT2D eigenvalue weighted by molar-refractivity contribution is -0.118. The Kier molecular flexibility index (Phi) is 5.54. The van der Waals surface area contributed by atoms with Gasteiger partial charge in [0, 0.05) is 6.07 Å². The third-order valence-electron chi connectivity index (χ3n) is 3.31. The monoisotopic (exact) mass is 315 g/mol. The van der Waals surface area contributed by atoms with Crippen LogP contribution in [0, 0.1) is 5.92 Å². The van der Waals surface area contributed by atoms with Gasteiger partial charge in [-0.1, -0.05) is 13.8 Å². The van der Waals surface area contributed by atoms with Crippen LogP contribution in [0.15, 0.2) is 42.6 Å². The fraction of sp³-hybridized carbons (Fsp3) is 0.294. The minimum absolute atomic E-state index is 0.0700. The number of rotatable bonds is 6. The van der Waals surface area contributed by atoms with Crippen molar-refractivity contribution in [3.05, 3.63) is 42.6 Å². The summed E-state index contributed by atoms with van der Waals surface area (Å²) in [6.07, 6.45) is 1.53. The smallest absolute Gasteiger partial charge is 0.241 e. The third kappa shape index (κ3) is 4.69. The van der Waals surface area contributed by atoms with Gasteiger partial charge in [-0.25, -0.2) is 4.98 Å². The van der Waals surface area contributed by atoms with Crippen LogP contribution in [0.2, 0.25) is 0 Å². The lowest BCUT2D eigenvalue weighted by Gasteiger charge is -2.15. The van der Waals surface area contributed by atoms with E-state index in [2.05, 4.69) is 10.3 Å². The van der Waals surface area contributed by atoms with E-state index < -0.39 is 6.04 Å². The summed E-state index contributed by atoms with van der Waals surface area (Å²) in [5.41, 5.74) is 6.37. The fourth-order valence-electron chi connectivity index (χ4n) is 1.81. The van der Waals surface area contributed by atoms with Gasteiger partial charge in [0.05, 0.1) is 25.0 Å². The number of methoxy groups -OCH3 is 1. The van der Waals surface area contributed by atoms with Crippen LogP contribution in [-0.2, 0) is 4.79 Å². The summed E-state index contributed by atoms with van der Waals surface area (Å²) in [5.74, 6) is 1.68. The Labute approximate surface area is 135 Å². The van der Waals surface area contributed by atoms with Gasteiger partial charge >= 0.3 is 0 Å². The number of anilines is 1. The molecule has 6 heteroatoms. The highest BCUT2D eigenvalue weighted by Crippen LogP contribution is 2.23. The van der Waals surface area contributed by atoms with E-state index in [0.717, 1.165) is 5.75 Å². The van der Waals surface area contributed by atoms with Crippen molar-refractivity contribution in [3.63, 3.8) is 0 Å². The zero-order valence-electron chi connectivity index (χ0n) is 13.4. The lowest BCUT2D eigenvalue weighted by atomic mass is 10.1. The molecule has 0 spiro atoms. The van der Waals surface area contributed by atoms with E-state index in [1.165, 1.54) is 6.20 Å². The van der Waals surface area contributed by atoms with Gasteiger partial charge in [0.2, 0.25) is 11.8 Å². The molecule has 1 amide bonds. The predicted molar refractivity (Wildman–Crippen MR) is 88.7 cm³/mol. The SMILES string of the molecule is COc1ccc(Oc2ccc(NC(=O)[C@@H](N)C(C)C)cn2)cc1. The molecule has 1 atom stereocenters. The first kappa shape index (κ1) is 16.8. The summed E-state index contributed by atoms with van der Waals surface area (Å²) in [7, 11) is 1.61. The molecular formula is C17H21N3O3. The van der Waals surface area contributed by atoms with Crippen molar-refractivity contribution >= 4 is 11.6 Å². The van der Waals surface area contributed by atoms with Crippen LogP contribution in [0.3, 0.4) is 0 Å². The van der Waals surface area contributed by atoms with Gasteiger partial charge in [0.25, 0.3) is 0 Å². The van der Waals surface area contributed by atoms with Crippen LogP contribution >= 0.6 is 0 Å². The highest BCUT2D eigenvalue weighted by molar-refractivity contribution is 5.94. The summed E-state index contributed by atoms with van der Waals surface area (Å²) >= 11 is 0. The number of amides is 1. The van der Waals surface area contributed by atoms with Crippen LogP contribution in [0.4, 0.5) is 5.69 Å². The van der Waals surface area contributed by atoms with Crippen molar-refractivity contribution in [2.75, 3.05) is 12.4 Å². The van der Waals surface area contributed by atoms with E-state index >= 15 is 0 Å². The largest absolute Gasteiger partial charge is 0.497 e. The zero-order valence-corrected chi connectivity index (χ0v) is 13.4. The number of nitrogens with zero attached hydrogens (tertiary/aromatic N) is 1. The zero-order chi connectivity index (χ0) is 16.8. The topological polar surface area (TPSA) is 86.5 Å². The number of benzene rings is 1. The average molecular weight is 315 g/mol. The molecule has 122 valence electrons. The molecule has 0 fully saturated rings. The molecule has 6 nitrogen and oxygen atoms in total. The normalized spacial score (nSPS) is 11.9. The minimum atomic E-state index is -0.551. The second kappa shape index (κ2) is 7.60. The summed E-state index contributed by atoms with van der Waals surface area (Å²) in [5, 5.41) is 2.73. The molecule has 0 unspecified atom stereocenters. The first-order valence-corrected chi connectivity index (χ1v) is 7.34. The van der Waals surface area contributed by atoms with E-state index in [-0.39, 0.29) is 11.8 Å². The van der Waals surface area contributed by atoms with Gasteiger partial charge in [0.15, 0.2) is 0 Å². The van der Waals surface area contributed by atoms with Gasteiger partial charge in [-0.05, 0) is 36.2 Å². The molecular weight excluding hydrogens is 294 g/mol. The molecule has 0 bridgehead atoms. The van der Waals surface area contributed by atoms with Crippen LogP contribution < -0.4 is 20.5 Å². The molecule has 2 rings (SSSR count). The average Bonchev–Trinajstić information content (AvgIpc) is 2.56. The first-order chi connectivity index (χ1) is 11.0. The maximum absolute atomic E-state index is 11.9. The first-order valence-electron chi connectivity index (χ1n) is 7.34. The molecule has 0 aliphatic rings. The maximum atomic E-state index is 11.9. The Balaban J connectivity index is 1.97. The molecule has 0 radical (unpaired) electrons. The number of aromatic nitrogens is 1. The summed E-state index contributed by atoms with van der Waals surface area (Å²) in [6.45, 7) is 3.79. The number of pyridine rings is 1. The number of nitrogens with two attached hydrogens (primary N) is 1. The van der Waals surface area contributed by atoms with Gasteiger partial charge < -0.3 is 20.5 Å². The minimum Gasteiger partial charge on any atom is -0.497 e. The highest BCUT2D eigenvalue weighted by Gasteiger charge is 2.17. The Morgan fingerprint density at radius 3 is 2.30 bits per heavy atom. The van der Waals surface area contributed by atoms with Crippen molar-refractivity contribution in [2.24, 2.45) is 11.7 Å². The molecule has 23 heavy (non-hydrogen) atoms. The molecule has 0 saturated heterocycles. The molecule has 0 aliphatic heterocycles. The third-order valence-corrected chi connectivity index (χ3v) is 3.31. The van der Waals surface area contributed by atoms with Gasteiger partial charge in [-0.3, -0.25) is 4.79 Å². The summed E-state index contributed by atoms with van der Waals surface area (Å²) in [4.78, 5) is 16.0. The van der Waals surface area contributed by atoms with E-state index in [0.29, 0.717) is 17.3 Å². The predicted octanol–water partition coefficient (Wildman–Crippen LogP) is 2.80. The Hall–Kier alpha value is -2.60. The standard InChI is InChI=1S/C17H21N3O3/c1-11(2)16(18)17(21)20-12-4-9-15(19-10-12)23-14-7-5-13(22-3)6-8-14/h4-11,16H,18H2,1-3H3,(H,20,21)/t16-/m0/s1. The van der Waals surface area contributed by atoms with Gasteiger partial charge in [-0.15, -0.1) is 0 Å². The number of nitrogens with one attached hydrogen (secondary N) is 1. The van der Waals surface area contributed by atoms with Gasteiger partial charge in [-0.2, -0.15) is 0 Å². The molecule has 2 aromatic rings. The second-order valence-electron chi connectivity index (χ2n) is 5.42. The van der Waals surface area contributed by atoms with Crippen LogP contribution in [0.5, 0.6) is 17.4 Å². The Morgan fingerprint density at radius 2 is 1.78 bits per heavy atom. The number of carbonyl (C=O) groups is 1. The number of carbonyl (C=O) groups excluding carboxylic acids is 1.